The highest BCUT2D eigenvalue weighted by Gasteiger charge is 2.29. The van der Waals surface area contributed by atoms with Crippen molar-refractivity contribution >= 4 is 35.7 Å². The summed E-state index contributed by atoms with van der Waals surface area (Å²) in [5.74, 6) is -1.10. The van der Waals surface area contributed by atoms with Crippen LogP contribution in [0.25, 0.3) is 0 Å². The summed E-state index contributed by atoms with van der Waals surface area (Å²) in [5.41, 5.74) is 0.0291. The second-order valence-corrected chi connectivity index (χ2v) is 9.30. The van der Waals surface area contributed by atoms with Crippen molar-refractivity contribution in [3.63, 3.8) is 0 Å². The third-order valence-electron chi connectivity index (χ3n) is 5.84. The molecule has 3 rings (SSSR count). The van der Waals surface area contributed by atoms with Gasteiger partial charge in [0.2, 0.25) is 12.3 Å². The largest absolute Gasteiger partial charge is 0.350 e. The Labute approximate surface area is 196 Å². The molecule has 32 heavy (non-hydrogen) atoms. The Morgan fingerprint density at radius 1 is 1.34 bits per heavy atom. The van der Waals surface area contributed by atoms with E-state index in [1.807, 2.05) is 0 Å². The number of hydrogen-bond donors (Lipinski definition) is 1. The van der Waals surface area contributed by atoms with Crippen molar-refractivity contribution in [2.24, 2.45) is 11.8 Å². The maximum absolute atomic E-state index is 14.3. The Morgan fingerprint density at radius 2 is 2.09 bits per heavy atom. The quantitative estimate of drug-likeness (QED) is 0.167. The Bertz CT molecular complexity index is 778. The molecule has 0 spiro atoms. The summed E-state index contributed by atoms with van der Waals surface area (Å²) in [7, 11) is 0. The number of halogens is 2. The van der Waals surface area contributed by atoms with Gasteiger partial charge in [-0.25, -0.2) is 24.3 Å². The number of hydrogen-bond acceptors (Lipinski definition) is 7. The smallest absolute Gasteiger partial charge is 0.233 e. The van der Waals surface area contributed by atoms with Crippen LogP contribution in [0.5, 0.6) is 0 Å². The van der Waals surface area contributed by atoms with Gasteiger partial charge in [-0.05, 0) is 31.4 Å². The van der Waals surface area contributed by atoms with Gasteiger partial charge < -0.3 is 10.1 Å². The highest BCUT2D eigenvalue weighted by molar-refractivity contribution is 7.98. The van der Waals surface area contributed by atoms with Crippen molar-refractivity contribution in [3.8, 4) is 0 Å². The molecule has 11 heteroatoms. The molecule has 2 amide bonds. The lowest BCUT2D eigenvalue weighted by Gasteiger charge is -2.29. The van der Waals surface area contributed by atoms with Crippen LogP contribution in [0.15, 0.2) is 5.16 Å². The van der Waals surface area contributed by atoms with E-state index in [-0.39, 0.29) is 29.8 Å². The number of aromatic nitrogens is 2. The summed E-state index contributed by atoms with van der Waals surface area (Å²) < 4.78 is 19.9. The Balaban J connectivity index is 1.64. The second kappa shape index (κ2) is 12.7. The van der Waals surface area contributed by atoms with E-state index in [9.17, 15) is 14.0 Å². The van der Waals surface area contributed by atoms with Crippen molar-refractivity contribution in [3.05, 3.63) is 16.7 Å². The number of amides is 2. The molecular weight excluding hydrogens is 459 g/mol. The molecule has 1 saturated heterocycles. The van der Waals surface area contributed by atoms with Crippen LogP contribution in [0, 0.1) is 17.7 Å². The van der Waals surface area contributed by atoms with Crippen LogP contribution in [0.4, 0.5) is 4.39 Å². The van der Waals surface area contributed by atoms with Crippen LogP contribution in [0.1, 0.15) is 57.1 Å². The molecule has 0 bridgehead atoms. The van der Waals surface area contributed by atoms with Crippen molar-refractivity contribution in [1.29, 1.82) is 0 Å². The van der Waals surface area contributed by atoms with Gasteiger partial charge in [-0.15, -0.1) is 0 Å². The van der Waals surface area contributed by atoms with Gasteiger partial charge >= 0.3 is 0 Å². The summed E-state index contributed by atoms with van der Waals surface area (Å²) in [6.45, 7) is 0.582. The Kier molecular flexibility index (Phi) is 9.95. The van der Waals surface area contributed by atoms with E-state index < -0.39 is 18.0 Å². The van der Waals surface area contributed by atoms with Gasteiger partial charge in [-0.3, -0.25) is 9.59 Å². The fourth-order valence-electron chi connectivity index (χ4n) is 4.15. The number of carbonyl (C=O) groups is 2. The Morgan fingerprint density at radius 3 is 2.75 bits per heavy atom. The van der Waals surface area contributed by atoms with Crippen molar-refractivity contribution in [2.45, 2.75) is 69.4 Å². The molecule has 1 N–H and O–H groups in total. The molecule has 1 aromatic rings. The summed E-state index contributed by atoms with van der Waals surface area (Å²) in [6, 6.07) is 0. The predicted molar refractivity (Wildman–Crippen MR) is 118 cm³/mol. The van der Waals surface area contributed by atoms with Crippen LogP contribution >= 0.6 is 23.4 Å². The van der Waals surface area contributed by atoms with Crippen molar-refractivity contribution < 1.29 is 23.6 Å². The van der Waals surface area contributed by atoms with E-state index in [4.69, 9.17) is 21.2 Å². The van der Waals surface area contributed by atoms with E-state index in [0.29, 0.717) is 36.9 Å². The van der Waals surface area contributed by atoms with Crippen molar-refractivity contribution in [2.75, 3.05) is 19.4 Å². The molecule has 2 fully saturated rings. The molecule has 8 nitrogen and oxygen atoms in total. The monoisotopic (exact) mass is 488 g/mol. The normalized spacial score (nSPS) is 20.2. The average molecular weight is 489 g/mol. The molecule has 178 valence electrons. The topological polar surface area (TPSA) is 93.7 Å². The third kappa shape index (κ3) is 7.26. The lowest BCUT2D eigenvalue weighted by Crippen LogP contribution is -2.41. The van der Waals surface area contributed by atoms with Gasteiger partial charge in [0, 0.05) is 13.0 Å². The van der Waals surface area contributed by atoms with E-state index in [1.54, 1.807) is 6.26 Å². The minimum atomic E-state index is -0.746. The molecule has 0 aromatic carbocycles. The van der Waals surface area contributed by atoms with Gasteiger partial charge in [0.15, 0.2) is 22.4 Å². The molecule has 2 heterocycles. The highest BCUT2D eigenvalue weighted by Crippen LogP contribution is 2.31. The molecule has 2 aliphatic rings. The zero-order valence-electron chi connectivity index (χ0n) is 18.2. The number of rotatable bonds is 11. The minimum Gasteiger partial charge on any atom is -0.350 e. The molecule has 0 radical (unpaired) electrons. The molecule has 1 aromatic heterocycles. The van der Waals surface area contributed by atoms with E-state index in [2.05, 4.69) is 15.3 Å². The van der Waals surface area contributed by atoms with Crippen LogP contribution in [-0.2, 0) is 25.7 Å². The summed E-state index contributed by atoms with van der Waals surface area (Å²) in [4.78, 5) is 38.3. The first-order valence-corrected chi connectivity index (χ1v) is 12.6. The molecular formula is C21H30ClFN4O4S. The van der Waals surface area contributed by atoms with Gasteiger partial charge in [-0.1, -0.05) is 49.0 Å². The second-order valence-electron chi connectivity index (χ2n) is 8.17. The number of carbonyl (C=O) groups excluding carboxylic acids is 2. The molecule has 2 atom stereocenters. The maximum atomic E-state index is 14.3. The number of ether oxygens (including phenoxy) is 1. The number of nitrogens with zero attached hydrogens (tertiary/aromatic N) is 3. The van der Waals surface area contributed by atoms with Gasteiger partial charge in [0.05, 0.1) is 19.0 Å². The lowest BCUT2D eigenvalue weighted by molar-refractivity contribution is -0.276. The number of thioether (sulfide) groups is 1. The first-order valence-electron chi connectivity index (χ1n) is 11.0. The summed E-state index contributed by atoms with van der Waals surface area (Å²) >= 11 is 7.08. The number of hydroxylamine groups is 2. The highest BCUT2D eigenvalue weighted by atomic mass is 35.5. The lowest BCUT2D eigenvalue weighted by atomic mass is 9.92. The minimum absolute atomic E-state index is 0.0291. The molecule has 1 aliphatic heterocycles. The van der Waals surface area contributed by atoms with Gasteiger partial charge in [-0.2, -0.15) is 0 Å². The average Bonchev–Trinajstić information content (AvgIpc) is 3.32. The Hall–Kier alpha value is -1.49. The van der Waals surface area contributed by atoms with Gasteiger partial charge in [0.25, 0.3) is 0 Å². The van der Waals surface area contributed by atoms with Crippen LogP contribution < -0.4 is 5.32 Å². The zero-order valence-corrected chi connectivity index (χ0v) is 19.8. The SMILES string of the molecule is CSc1nc(Cl)c(F)c(CNC(=O)[C@H](CC2CCCC2)CN(C=O)OC2CCCCO2)n1. The van der Waals surface area contributed by atoms with Crippen LogP contribution in [0.3, 0.4) is 0 Å². The van der Waals surface area contributed by atoms with E-state index in [1.165, 1.54) is 11.8 Å². The first kappa shape index (κ1) is 25.1. The zero-order chi connectivity index (χ0) is 22.9. The standard InChI is InChI=1S/C21H30ClFN4O4S/c1-32-21-25-16(18(23)19(22)26-21)11-24-20(29)15(10-14-6-2-3-7-14)12-27(13-28)31-17-8-4-5-9-30-17/h13-15,17H,2-12H2,1H3,(H,24,29)/t15-,17?/m1/s1. The summed E-state index contributed by atoms with van der Waals surface area (Å²) in [5, 5.41) is 3.97. The predicted octanol–water partition coefficient (Wildman–Crippen LogP) is 3.72. The fourth-order valence-corrected chi connectivity index (χ4v) is 4.77. The van der Waals surface area contributed by atoms with Crippen LogP contribution in [0.2, 0.25) is 5.15 Å². The van der Waals surface area contributed by atoms with E-state index >= 15 is 0 Å². The van der Waals surface area contributed by atoms with Crippen LogP contribution in [-0.4, -0.2) is 53.0 Å². The summed E-state index contributed by atoms with van der Waals surface area (Å²) in [6.07, 6.45) is 9.54. The van der Waals surface area contributed by atoms with E-state index in [0.717, 1.165) is 43.6 Å². The molecule has 1 saturated carbocycles. The first-order chi connectivity index (χ1) is 15.5. The third-order valence-corrected chi connectivity index (χ3v) is 6.64. The fraction of sp³-hybridized carbons (Fsp3) is 0.714. The number of nitrogens with one attached hydrogen (secondary N) is 1. The maximum Gasteiger partial charge on any atom is 0.233 e. The van der Waals surface area contributed by atoms with Crippen molar-refractivity contribution in [1.82, 2.24) is 20.3 Å². The van der Waals surface area contributed by atoms with Gasteiger partial charge in [0.1, 0.15) is 5.69 Å². The molecule has 1 aliphatic carbocycles. The molecule has 1 unspecified atom stereocenters.